The van der Waals surface area contributed by atoms with Gasteiger partial charge in [-0.3, -0.25) is 0 Å². The van der Waals surface area contributed by atoms with E-state index in [0.717, 1.165) is 52.2 Å². The Bertz CT molecular complexity index is 238. The van der Waals surface area contributed by atoms with E-state index in [1.54, 1.807) is 0 Å². The molecule has 1 fully saturated rings. The first-order valence-electron chi connectivity index (χ1n) is 8.87. The van der Waals surface area contributed by atoms with E-state index in [1.165, 1.54) is 19.3 Å². The molecule has 0 aromatic heterocycles. The van der Waals surface area contributed by atoms with E-state index in [0.29, 0.717) is 0 Å². The lowest BCUT2D eigenvalue weighted by atomic mass is 10.1. The Morgan fingerprint density at radius 3 is 2.14 bits per heavy atom. The van der Waals surface area contributed by atoms with Crippen LogP contribution in [0.25, 0.3) is 0 Å². The van der Waals surface area contributed by atoms with Gasteiger partial charge in [0.2, 0.25) is 0 Å². The monoisotopic (exact) mass is 301 g/mol. The van der Waals surface area contributed by atoms with Gasteiger partial charge in [0.25, 0.3) is 0 Å². The number of unbranched alkanes of at least 4 members (excludes halogenated alkanes) is 3. The van der Waals surface area contributed by atoms with Crippen molar-refractivity contribution in [2.45, 2.75) is 77.5 Å². The maximum atomic E-state index is 6.09. The van der Waals surface area contributed by atoms with Crippen LogP contribution in [0.4, 0.5) is 0 Å². The van der Waals surface area contributed by atoms with Crippen LogP contribution in [-0.2, 0) is 14.2 Å². The van der Waals surface area contributed by atoms with Crippen LogP contribution in [0.3, 0.4) is 0 Å². The van der Waals surface area contributed by atoms with E-state index in [1.807, 2.05) is 0 Å². The van der Waals surface area contributed by atoms with Crippen LogP contribution in [0, 0.1) is 0 Å². The van der Waals surface area contributed by atoms with Gasteiger partial charge < -0.3 is 19.5 Å². The second-order valence-electron chi connectivity index (χ2n) is 5.89. The lowest BCUT2D eigenvalue weighted by molar-refractivity contribution is -0.0674. The Kier molecular flexibility index (Phi) is 11.1. The summed E-state index contributed by atoms with van der Waals surface area (Å²) in [4.78, 5) is 0. The topological polar surface area (TPSA) is 39.7 Å². The molecule has 126 valence electrons. The first-order valence-corrected chi connectivity index (χ1v) is 8.87. The molecule has 0 spiro atoms. The van der Waals surface area contributed by atoms with Gasteiger partial charge >= 0.3 is 0 Å². The molecule has 0 bridgehead atoms. The second kappa shape index (κ2) is 12.4. The minimum Gasteiger partial charge on any atom is -0.380 e. The fourth-order valence-electron chi connectivity index (χ4n) is 2.49. The molecule has 0 aromatic rings. The first-order chi connectivity index (χ1) is 10.3. The van der Waals surface area contributed by atoms with Crippen LogP contribution < -0.4 is 5.32 Å². The summed E-state index contributed by atoms with van der Waals surface area (Å²) in [6.07, 6.45) is 7.19. The summed E-state index contributed by atoms with van der Waals surface area (Å²) in [6, 6.07) is 0.269. The van der Waals surface area contributed by atoms with Crippen molar-refractivity contribution < 1.29 is 14.2 Å². The molecule has 0 aromatic carbocycles. The molecule has 1 heterocycles. The third-order valence-corrected chi connectivity index (χ3v) is 3.92. The van der Waals surface area contributed by atoms with E-state index in [2.05, 4.69) is 26.1 Å². The highest BCUT2D eigenvalue weighted by Gasteiger charge is 2.37. The lowest BCUT2D eigenvalue weighted by Crippen LogP contribution is -2.40. The van der Waals surface area contributed by atoms with Crippen molar-refractivity contribution in [1.82, 2.24) is 5.32 Å². The molecule has 4 heteroatoms. The zero-order chi connectivity index (χ0) is 15.3. The summed E-state index contributed by atoms with van der Waals surface area (Å²) in [5.74, 6) is 0. The molecule has 0 unspecified atom stereocenters. The molecule has 0 amide bonds. The molecule has 1 aliphatic rings. The van der Waals surface area contributed by atoms with Gasteiger partial charge in [-0.15, -0.1) is 0 Å². The summed E-state index contributed by atoms with van der Waals surface area (Å²) in [5.41, 5.74) is 0. The Morgan fingerprint density at radius 2 is 1.48 bits per heavy atom. The van der Waals surface area contributed by atoms with Gasteiger partial charge in [-0.05, 0) is 19.3 Å². The third-order valence-electron chi connectivity index (χ3n) is 3.92. The van der Waals surface area contributed by atoms with Gasteiger partial charge in [0.15, 0.2) is 0 Å². The second-order valence-corrected chi connectivity index (χ2v) is 5.89. The Morgan fingerprint density at radius 1 is 0.857 bits per heavy atom. The maximum absolute atomic E-state index is 6.09. The average Bonchev–Trinajstić information content (AvgIpc) is 2.87. The molecule has 1 rings (SSSR count). The minimum absolute atomic E-state index is 0.134. The molecule has 1 N–H and O–H groups in total. The normalized spacial score (nSPS) is 25.6. The number of hydrogen-bond donors (Lipinski definition) is 1. The van der Waals surface area contributed by atoms with Crippen LogP contribution >= 0.6 is 0 Å². The average molecular weight is 301 g/mol. The fourth-order valence-corrected chi connectivity index (χ4v) is 2.49. The molecule has 1 saturated heterocycles. The molecule has 0 radical (unpaired) electrons. The number of nitrogens with one attached hydrogen (secondary N) is 1. The van der Waals surface area contributed by atoms with Gasteiger partial charge in [0, 0.05) is 26.4 Å². The van der Waals surface area contributed by atoms with Gasteiger partial charge in [-0.25, -0.2) is 0 Å². The highest BCUT2D eigenvalue weighted by molar-refractivity contribution is 4.93. The smallest absolute Gasteiger partial charge is 0.102 e. The Hall–Kier alpha value is -0.160. The molecule has 0 aliphatic carbocycles. The molecule has 0 saturated carbocycles. The quantitative estimate of drug-likeness (QED) is 0.531. The van der Waals surface area contributed by atoms with Gasteiger partial charge in [0.05, 0.1) is 18.8 Å². The van der Waals surface area contributed by atoms with Crippen molar-refractivity contribution in [3.05, 3.63) is 0 Å². The molecule has 3 atom stereocenters. The van der Waals surface area contributed by atoms with Crippen molar-refractivity contribution >= 4 is 0 Å². The molecular formula is C17H35NO3. The van der Waals surface area contributed by atoms with E-state index >= 15 is 0 Å². The molecular weight excluding hydrogens is 266 g/mol. The summed E-state index contributed by atoms with van der Waals surface area (Å²) < 4.78 is 17.9. The summed E-state index contributed by atoms with van der Waals surface area (Å²) in [6.45, 7) is 10.7. The lowest BCUT2D eigenvalue weighted by Gasteiger charge is -2.24. The fraction of sp³-hybridized carbons (Fsp3) is 1.00. The SMILES string of the molecule is CCCCOC[C@@H]1NC[C@H](OCCCC)[C@H]1OCCCC. The molecule has 4 nitrogen and oxygen atoms in total. The molecule has 1 aliphatic heterocycles. The zero-order valence-electron chi connectivity index (χ0n) is 14.2. The van der Waals surface area contributed by atoms with Crippen LogP contribution in [0.1, 0.15) is 59.3 Å². The van der Waals surface area contributed by atoms with Crippen molar-refractivity contribution in [3.8, 4) is 0 Å². The van der Waals surface area contributed by atoms with Crippen LogP contribution in [0.15, 0.2) is 0 Å². The first kappa shape index (κ1) is 18.9. The molecule has 21 heavy (non-hydrogen) atoms. The van der Waals surface area contributed by atoms with E-state index in [4.69, 9.17) is 14.2 Å². The van der Waals surface area contributed by atoms with Gasteiger partial charge in [0.1, 0.15) is 6.10 Å². The highest BCUT2D eigenvalue weighted by atomic mass is 16.5. The maximum Gasteiger partial charge on any atom is 0.102 e. The van der Waals surface area contributed by atoms with Crippen LogP contribution in [-0.4, -0.2) is 51.2 Å². The van der Waals surface area contributed by atoms with Crippen LogP contribution in [0.2, 0.25) is 0 Å². The number of ether oxygens (including phenoxy) is 3. The van der Waals surface area contributed by atoms with Crippen molar-refractivity contribution in [3.63, 3.8) is 0 Å². The minimum atomic E-state index is 0.134. The number of hydrogen-bond acceptors (Lipinski definition) is 4. The Balaban J connectivity index is 2.36. The number of rotatable bonds is 13. The van der Waals surface area contributed by atoms with E-state index in [9.17, 15) is 0 Å². The third kappa shape index (κ3) is 7.59. The van der Waals surface area contributed by atoms with Crippen molar-refractivity contribution in [1.29, 1.82) is 0 Å². The summed E-state index contributed by atoms with van der Waals surface area (Å²) in [7, 11) is 0. The van der Waals surface area contributed by atoms with E-state index in [-0.39, 0.29) is 18.2 Å². The van der Waals surface area contributed by atoms with Crippen molar-refractivity contribution in [2.24, 2.45) is 0 Å². The summed E-state index contributed by atoms with van der Waals surface area (Å²) >= 11 is 0. The highest BCUT2D eigenvalue weighted by Crippen LogP contribution is 2.17. The van der Waals surface area contributed by atoms with Crippen LogP contribution in [0.5, 0.6) is 0 Å². The predicted molar refractivity (Wildman–Crippen MR) is 86.8 cm³/mol. The standard InChI is InChI=1S/C17H35NO3/c1-4-7-10-19-14-15-17(21-12-9-6-3)16(13-18-15)20-11-8-5-2/h15-18H,4-14H2,1-3H3/t15-,16-,17-/m0/s1. The zero-order valence-corrected chi connectivity index (χ0v) is 14.2. The summed E-state index contributed by atoms with van der Waals surface area (Å²) in [5, 5.41) is 3.51. The van der Waals surface area contributed by atoms with E-state index < -0.39 is 0 Å². The van der Waals surface area contributed by atoms with Crippen molar-refractivity contribution in [2.75, 3.05) is 33.0 Å². The van der Waals surface area contributed by atoms with Gasteiger partial charge in [-0.1, -0.05) is 40.0 Å². The predicted octanol–water partition coefficient (Wildman–Crippen LogP) is 3.15. The largest absolute Gasteiger partial charge is 0.380 e. The Labute approximate surface area is 130 Å². The van der Waals surface area contributed by atoms with Gasteiger partial charge in [-0.2, -0.15) is 0 Å².